The van der Waals surface area contributed by atoms with Gasteiger partial charge in [0.2, 0.25) is 5.91 Å². The highest BCUT2D eigenvalue weighted by atomic mass is 16.6. The molecule has 1 amide bonds. The van der Waals surface area contributed by atoms with E-state index in [9.17, 15) is 14.4 Å². The SMILES string of the molecule is CCCNc1ccc(C(=O)OC(C)(C)C)cc1NC(=O)c1cn(C(C)=O)c2ccccc12. The Hall–Kier alpha value is -3.61. The highest BCUT2D eigenvalue weighted by Crippen LogP contribution is 2.27. The highest BCUT2D eigenvalue weighted by molar-refractivity contribution is 6.15. The highest BCUT2D eigenvalue weighted by Gasteiger charge is 2.21. The van der Waals surface area contributed by atoms with Gasteiger partial charge in [0.1, 0.15) is 5.60 Å². The summed E-state index contributed by atoms with van der Waals surface area (Å²) in [7, 11) is 0. The number of ether oxygens (including phenoxy) is 1. The minimum absolute atomic E-state index is 0.183. The minimum atomic E-state index is -0.631. The third-order valence-corrected chi connectivity index (χ3v) is 4.76. The molecular formula is C25H29N3O4. The van der Waals surface area contributed by atoms with Crippen LogP contribution in [0, 0.1) is 0 Å². The second kappa shape index (κ2) is 9.26. The van der Waals surface area contributed by atoms with Crippen molar-refractivity contribution in [1.29, 1.82) is 0 Å². The zero-order chi connectivity index (χ0) is 23.5. The molecule has 2 aromatic carbocycles. The van der Waals surface area contributed by atoms with Crippen molar-refractivity contribution in [3.63, 3.8) is 0 Å². The zero-order valence-corrected chi connectivity index (χ0v) is 19.1. The van der Waals surface area contributed by atoms with Crippen LogP contribution in [0.1, 0.15) is 66.6 Å². The lowest BCUT2D eigenvalue weighted by Gasteiger charge is -2.20. The van der Waals surface area contributed by atoms with Crippen LogP contribution in [0.2, 0.25) is 0 Å². The molecule has 0 fully saturated rings. The van der Waals surface area contributed by atoms with Gasteiger partial charge in [-0.3, -0.25) is 14.2 Å². The summed E-state index contributed by atoms with van der Waals surface area (Å²) in [5, 5.41) is 6.85. The monoisotopic (exact) mass is 435 g/mol. The van der Waals surface area contributed by atoms with Crippen LogP contribution in [0.4, 0.5) is 11.4 Å². The third-order valence-electron chi connectivity index (χ3n) is 4.76. The van der Waals surface area contributed by atoms with Crippen molar-refractivity contribution >= 4 is 40.1 Å². The number of para-hydroxylation sites is 1. The van der Waals surface area contributed by atoms with Crippen LogP contribution in [-0.2, 0) is 4.74 Å². The van der Waals surface area contributed by atoms with Gasteiger partial charge in [-0.15, -0.1) is 0 Å². The Balaban J connectivity index is 1.98. The van der Waals surface area contributed by atoms with Crippen LogP contribution in [-0.4, -0.2) is 34.5 Å². The lowest BCUT2D eigenvalue weighted by molar-refractivity contribution is 0.00693. The van der Waals surface area contributed by atoms with Crippen molar-refractivity contribution in [1.82, 2.24) is 4.57 Å². The average Bonchev–Trinajstić information content (AvgIpc) is 3.11. The number of hydrogen-bond acceptors (Lipinski definition) is 5. The number of hydrogen-bond donors (Lipinski definition) is 2. The molecule has 0 unspecified atom stereocenters. The normalized spacial score (nSPS) is 11.3. The molecule has 1 heterocycles. The summed E-state index contributed by atoms with van der Waals surface area (Å²) in [6.45, 7) is 9.60. The molecule has 2 N–H and O–H groups in total. The van der Waals surface area contributed by atoms with Crippen LogP contribution < -0.4 is 10.6 Å². The molecule has 0 radical (unpaired) electrons. The van der Waals surface area contributed by atoms with Gasteiger partial charge in [0.25, 0.3) is 5.91 Å². The van der Waals surface area contributed by atoms with Crippen LogP contribution in [0.15, 0.2) is 48.7 Å². The van der Waals surface area contributed by atoms with Gasteiger partial charge in [-0.2, -0.15) is 0 Å². The third kappa shape index (κ3) is 5.17. The molecule has 0 aliphatic heterocycles. The van der Waals surface area contributed by atoms with Gasteiger partial charge in [0, 0.05) is 25.1 Å². The number of fused-ring (bicyclic) bond motifs is 1. The van der Waals surface area contributed by atoms with Gasteiger partial charge in [0.15, 0.2) is 0 Å². The topological polar surface area (TPSA) is 89.4 Å². The molecule has 32 heavy (non-hydrogen) atoms. The molecule has 0 atom stereocenters. The fourth-order valence-electron chi connectivity index (χ4n) is 3.34. The van der Waals surface area contributed by atoms with Gasteiger partial charge in [0.05, 0.1) is 28.0 Å². The number of carbonyl (C=O) groups excluding carboxylic acids is 3. The summed E-state index contributed by atoms with van der Waals surface area (Å²) in [5.74, 6) is -1.03. The molecule has 0 aliphatic carbocycles. The Morgan fingerprint density at radius 3 is 2.41 bits per heavy atom. The quantitative estimate of drug-likeness (QED) is 0.511. The van der Waals surface area contributed by atoms with Gasteiger partial charge in [-0.05, 0) is 51.5 Å². The first-order valence-electron chi connectivity index (χ1n) is 10.6. The molecule has 0 bridgehead atoms. The molecule has 0 aliphatic rings. The van der Waals surface area contributed by atoms with Crippen LogP contribution in [0.5, 0.6) is 0 Å². The number of carbonyl (C=O) groups is 3. The Kier molecular flexibility index (Phi) is 6.67. The smallest absolute Gasteiger partial charge is 0.338 e. The van der Waals surface area contributed by atoms with E-state index in [0.29, 0.717) is 39.9 Å². The van der Waals surface area contributed by atoms with E-state index >= 15 is 0 Å². The van der Waals surface area contributed by atoms with Gasteiger partial charge >= 0.3 is 5.97 Å². The first-order chi connectivity index (χ1) is 15.1. The lowest BCUT2D eigenvalue weighted by Crippen LogP contribution is -2.24. The summed E-state index contributed by atoms with van der Waals surface area (Å²) in [6.07, 6.45) is 2.44. The van der Waals surface area contributed by atoms with E-state index in [1.807, 2.05) is 19.1 Å². The molecule has 7 nitrogen and oxygen atoms in total. The van der Waals surface area contributed by atoms with Gasteiger partial charge in [-0.25, -0.2) is 4.79 Å². The number of esters is 1. The molecule has 0 saturated carbocycles. The molecule has 0 spiro atoms. The Labute approximate surface area is 187 Å². The number of nitrogens with one attached hydrogen (secondary N) is 2. The van der Waals surface area contributed by atoms with Crippen molar-refractivity contribution in [2.45, 2.75) is 46.6 Å². The number of anilines is 2. The molecule has 168 valence electrons. The number of rotatable bonds is 6. The predicted molar refractivity (Wildman–Crippen MR) is 127 cm³/mol. The Morgan fingerprint density at radius 2 is 1.75 bits per heavy atom. The lowest BCUT2D eigenvalue weighted by atomic mass is 10.1. The number of nitrogens with zero attached hydrogens (tertiary/aromatic N) is 1. The van der Waals surface area contributed by atoms with E-state index in [4.69, 9.17) is 4.74 Å². The van der Waals surface area contributed by atoms with E-state index in [0.717, 1.165) is 6.42 Å². The molecule has 1 aromatic heterocycles. The van der Waals surface area contributed by atoms with E-state index in [2.05, 4.69) is 10.6 Å². The maximum absolute atomic E-state index is 13.2. The van der Waals surface area contributed by atoms with Crippen molar-refractivity contribution in [3.05, 3.63) is 59.8 Å². The second-order valence-electron chi connectivity index (χ2n) is 8.59. The fourth-order valence-corrected chi connectivity index (χ4v) is 3.34. The molecular weight excluding hydrogens is 406 g/mol. The molecule has 7 heteroatoms. The maximum atomic E-state index is 13.2. The average molecular weight is 436 g/mol. The first kappa shape index (κ1) is 23.1. The second-order valence-corrected chi connectivity index (χ2v) is 8.59. The predicted octanol–water partition coefficient (Wildman–Crippen LogP) is 5.33. The van der Waals surface area contributed by atoms with E-state index in [-0.39, 0.29) is 11.8 Å². The van der Waals surface area contributed by atoms with E-state index in [1.54, 1.807) is 57.3 Å². The van der Waals surface area contributed by atoms with Gasteiger partial charge < -0.3 is 15.4 Å². The summed E-state index contributed by atoms with van der Waals surface area (Å²) in [5.41, 5.74) is 1.91. The largest absolute Gasteiger partial charge is 0.456 e. The maximum Gasteiger partial charge on any atom is 0.338 e. The number of amides is 1. The van der Waals surface area contributed by atoms with Crippen molar-refractivity contribution in [3.8, 4) is 0 Å². The number of aromatic nitrogens is 1. The van der Waals surface area contributed by atoms with Crippen molar-refractivity contribution in [2.75, 3.05) is 17.2 Å². The molecule has 3 aromatic rings. The Bertz CT molecular complexity index is 1170. The fraction of sp³-hybridized carbons (Fsp3) is 0.320. The summed E-state index contributed by atoms with van der Waals surface area (Å²) in [4.78, 5) is 37.8. The standard InChI is InChI=1S/C25H29N3O4/c1-6-13-26-20-12-11-17(24(31)32-25(3,4)5)14-21(20)27-23(30)19-15-28(16(2)29)22-10-8-7-9-18(19)22/h7-12,14-15,26H,6,13H2,1-5H3,(H,27,30). The Morgan fingerprint density at radius 1 is 1.03 bits per heavy atom. The van der Waals surface area contributed by atoms with E-state index < -0.39 is 11.6 Å². The summed E-state index contributed by atoms with van der Waals surface area (Å²) < 4.78 is 6.92. The van der Waals surface area contributed by atoms with Crippen LogP contribution in [0.3, 0.4) is 0 Å². The van der Waals surface area contributed by atoms with Crippen molar-refractivity contribution < 1.29 is 19.1 Å². The number of benzene rings is 2. The van der Waals surface area contributed by atoms with Crippen LogP contribution >= 0.6 is 0 Å². The molecule has 3 rings (SSSR count). The van der Waals surface area contributed by atoms with Gasteiger partial charge in [-0.1, -0.05) is 25.1 Å². The first-order valence-corrected chi connectivity index (χ1v) is 10.6. The minimum Gasteiger partial charge on any atom is -0.456 e. The summed E-state index contributed by atoms with van der Waals surface area (Å²) >= 11 is 0. The molecule has 0 saturated heterocycles. The van der Waals surface area contributed by atoms with Crippen LogP contribution in [0.25, 0.3) is 10.9 Å². The zero-order valence-electron chi connectivity index (χ0n) is 19.1. The van der Waals surface area contributed by atoms with E-state index in [1.165, 1.54) is 11.5 Å². The van der Waals surface area contributed by atoms with Crippen molar-refractivity contribution in [2.24, 2.45) is 0 Å². The summed E-state index contributed by atoms with van der Waals surface area (Å²) in [6, 6.07) is 12.3.